The molecule has 1 saturated carbocycles. The Morgan fingerprint density at radius 3 is 2.78 bits per heavy atom. The molecule has 0 bridgehead atoms. The van der Waals surface area contributed by atoms with Gasteiger partial charge in [0.1, 0.15) is 41.0 Å². The number of ether oxygens (including phenoxy) is 1. The molecule has 6 heteroatoms. The summed E-state index contributed by atoms with van der Waals surface area (Å²) in [5, 5.41) is 0. The highest BCUT2D eigenvalue weighted by atomic mass is 16.5. The van der Waals surface area contributed by atoms with Gasteiger partial charge in [-0.2, -0.15) is 0 Å². The Morgan fingerprint density at radius 2 is 1.97 bits per heavy atom. The van der Waals surface area contributed by atoms with Crippen LogP contribution < -0.4 is 10.5 Å². The van der Waals surface area contributed by atoms with Gasteiger partial charge in [-0.15, -0.1) is 0 Å². The van der Waals surface area contributed by atoms with Crippen LogP contribution in [0.3, 0.4) is 0 Å². The minimum atomic E-state index is 0.0511. The van der Waals surface area contributed by atoms with Crippen molar-refractivity contribution >= 4 is 17.6 Å². The number of carbonyl (C=O) groups is 1. The maximum absolute atomic E-state index is 11.1. The summed E-state index contributed by atoms with van der Waals surface area (Å²) in [5.74, 6) is 2.68. The van der Waals surface area contributed by atoms with Crippen molar-refractivity contribution in [2.75, 3.05) is 5.73 Å². The van der Waals surface area contributed by atoms with Crippen LogP contribution in [0.4, 0.5) is 5.82 Å². The van der Waals surface area contributed by atoms with E-state index in [1.807, 2.05) is 16.7 Å². The molecule has 6 nitrogen and oxygen atoms in total. The van der Waals surface area contributed by atoms with Gasteiger partial charge in [0.2, 0.25) is 0 Å². The van der Waals surface area contributed by atoms with E-state index >= 15 is 0 Å². The summed E-state index contributed by atoms with van der Waals surface area (Å²) in [7, 11) is 0. The van der Waals surface area contributed by atoms with Gasteiger partial charge < -0.3 is 15.3 Å². The first-order chi connectivity index (χ1) is 15.7. The number of rotatable bonds is 4. The largest absolute Gasteiger partial charge is 0.485 e. The molecule has 0 radical (unpaired) electrons. The molecule has 32 heavy (non-hydrogen) atoms. The standard InChI is InChI=1S/C26H24N4O2/c27-25-24-23(29-26(30(24)11-10-28-25)20-12-16(13-20)15-31)19-7-6-18-8-9-21(32-22(18)14-19)17-4-2-1-3-5-17/h1-7,10-11,14-16,20-21H,8-9,12-13H2,(H2,27,28)/t16?,20?,21-/m1/s1. The minimum Gasteiger partial charge on any atom is -0.485 e. The number of imidazole rings is 1. The van der Waals surface area contributed by atoms with Crippen LogP contribution in [-0.2, 0) is 11.2 Å². The number of fused-ring (bicyclic) bond motifs is 2. The second-order valence-electron chi connectivity index (χ2n) is 8.79. The summed E-state index contributed by atoms with van der Waals surface area (Å²) < 4.78 is 8.46. The second kappa shape index (κ2) is 7.48. The van der Waals surface area contributed by atoms with Crippen molar-refractivity contribution < 1.29 is 9.53 Å². The molecule has 2 aromatic carbocycles. The van der Waals surface area contributed by atoms with Gasteiger partial charge >= 0.3 is 0 Å². The smallest absolute Gasteiger partial charge is 0.150 e. The van der Waals surface area contributed by atoms with Crippen LogP contribution in [0.15, 0.2) is 60.9 Å². The molecule has 1 fully saturated rings. The molecule has 4 aromatic rings. The Balaban J connectivity index is 1.40. The van der Waals surface area contributed by atoms with Crippen molar-refractivity contribution in [3.05, 3.63) is 77.9 Å². The second-order valence-corrected chi connectivity index (χ2v) is 8.79. The van der Waals surface area contributed by atoms with Crippen molar-refractivity contribution in [1.82, 2.24) is 14.4 Å². The minimum absolute atomic E-state index is 0.0511. The Hall–Kier alpha value is -3.67. The lowest BCUT2D eigenvalue weighted by molar-refractivity contribution is -0.113. The molecule has 6 rings (SSSR count). The zero-order valence-corrected chi connectivity index (χ0v) is 17.6. The molecule has 1 atom stereocenters. The monoisotopic (exact) mass is 424 g/mol. The lowest BCUT2D eigenvalue weighted by atomic mass is 9.75. The maximum atomic E-state index is 11.1. The van der Waals surface area contributed by atoms with Crippen LogP contribution in [0.5, 0.6) is 5.75 Å². The zero-order chi connectivity index (χ0) is 21.7. The molecular weight excluding hydrogens is 400 g/mol. The van der Waals surface area contributed by atoms with Crippen LogP contribution in [0.2, 0.25) is 0 Å². The topological polar surface area (TPSA) is 82.5 Å². The van der Waals surface area contributed by atoms with E-state index in [4.69, 9.17) is 15.5 Å². The molecule has 0 unspecified atom stereocenters. The third-order valence-electron chi connectivity index (χ3n) is 6.80. The van der Waals surface area contributed by atoms with E-state index < -0.39 is 0 Å². The number of nitrogens with two attached hydrogens (primary N) is 1. The molecule has 160 valence electrons. The SMILES string of the molecule is Nc1nccn2c(C3CC(C=O)C3)nc(-c3ccc4c(c3)O[C@@H](c3ccccc3)CC4)c12. The molecule has 3 heterocycles. The van der Waals surface area contributed by atoms with Gasteiger partial charge in [-0.25, -0.2) is 9.97 Å². The highest BCUT2D eigenvalue weighted by Gasteiger charge is 2.34. The van der Waals surface area contributed by atoms with E-state index in [1.165, 1.54) is 11.1 Å². The molecule has 1 aliphatic carbocycles. The molecule has 0 saturated heterocycles. The van der Waals surface area contributed by atoms with Gasteiger partial charge in [0.15, 0.2) is 0 Å². The molecule has 2 N–H and O–H groups in total. The fraction of sp³-hybridized carbons (Fsp3) is 0.269. The van der Waals surface area contributed by atoms with Crippen LogP contribution in [0.1, 0.15) is 48.2 Å². The number of nitrogens with zero attached hydrogens (tertiary/aromatic N) is 3. The quantitative estimate of drug-likeness (QED) is 0.479. The number of hydrogen-bond donors (Lipinski definition) is 1. The van der Waals surface area contributed by atoms with Crippen molar-refractivity contribution in [3.63, 3.8) is 0 Å². The zero-order valence-electron chi connectivity index (χ0n) is 17.6. The van der Waals surface area contributed by atoms with Crippen LogP contribution >= 0.6 is 0 Å². The van der Waals surface area contributed by atoms with E-state index in [2.05, 4.69) is 47.4 Å². The highest BCUT2D eigenvalue weighted by molar-refractivity contribution is 5.86. The Morgan fingerprint density at radius 1 is 1.12 bits per heavy atom. The predicted octanol–water partition coefficient (Wildman–Crippen LogP) is 4.74. The summed E-state index contributed by atoms with van der Waals surface area (Å²) in [6, 6.07) is 16.7. The lowest BCUT2D eigenvalue weighted by Gasteiger charge is -2.30. The van der Waals surface area contributed by atoms with Gasteiger partial charge in [0.25, 0.3) is 0 Å². The van der Waals surface area contributed by atoms with Gasteiger partial charge in [-0.05, 0) is 42.9 Å². The Labute approximate surface area is 186 Å². The first-order valence-corrected chi connectivity index (χ1v) is 11.1. The fourth-order valence-corrected chi connectivity index (χ4v) is 4.98. The van der Waals surface area contributed by atoms with Crippen molar-refractivity contribution in [1.29, 1.82) is 0 Å². The summed E-state index contributed by atoms with van der Waals surface area (Å²) in [6.07, 6.45) is 8.31. The van der Waals surface area contributed by atoms with E-state index in [9.17, 15) is 4.79 Å². The highest BCUT2D eigenvalue weighted by Crippen LogP contribution is 2.43. The predicted molar refractivity (Wildman–Crippen MR) is 122 cm³/mol. The fourth-order valence-electron chi connectivity index (χ4n) is 4.98. The molecular formula is C26H24N4O2. The summed E-state index contributed by atoms with van der Waals surface area (Å²) in [5.41, 5.74) is 11.3. The lowest BCUT2D eigenvalue weighted by Crippen LogP contribution is -2.24. The first kappa shape index (κ1) is 19.0. The van der Waals surface area contributed by atoms with E-state index in [-0.39, 0.29) is 17.9 Å². The summed E-state index contributed by atoms with van der Waals surface area (Å²) in [4.78, 5) is 20.4. The molecule has 0 spiro atoms. The number of anilines is 1. The van der Waals surface area contributed by atoms with E-state index in [0.717, 1.165) is 60.3 Å². The third-order valence-corrected chi connectivity index (χ3v) is 6.80. The number of nitrogen functional groups attached to an aromatic ring is 1. The number of hydrogen-bond acceptors (Lipinski definition) is 5. The molecule has 0 amide bonds. The number of aryl methyl sites for hydroxylation is 1. The van der Waals surface area contributed by atoms with Gasteiger partial charge in [-0.3, -0.25) is 4.40 Å². The molecule has 2 aromatic heterocycles. The van der Waals surface area contributed by atoms with Crippen LogP contribution in [0.25, 0.3) is 16.8 Å². The summed E-state index contributed by atoms with van der Waals surface area (Å²) >= 11 is 0. The first-order valence-electron chi connectivity index (χ1n) is 11.1. The van der Waals surface area contributed by atoms with Gasteiger partial charge in [0, 0.05) is 29.8 Å². The van der Waals surface area contributed by atoms with Crippen LogP contribution in [0, 0.1) is 5.92 Å². The normalized spacial score (nSPS) is 22.1. The van der Waals surface area contributed by atoms with Crippen molar-refractivity contribution in [2.24, 2.45) is 5.92 Å². The number of aldehydes is 1. The van der Waals surface area contributed by atoms with Gasteiger partial charge in [0.05, 0.1) is 0 Å². The van der Waals surface area contributed by atoms with E-state index in [0.29, 0.717) is 5.82 Å². The third kappa shape index (κ3) is 3.06. The molecule has 1 aliphatic heterocycles. The van der Waals surface area contributed by atoms with E-state index in [1.54, 1.807) is 6.20 Å². The average molecular weight is 425 g/mol. The van der Waals surface area contributed by atoms with Gasteiger partial charge in [-0.1, -0.05) is 42.5 Å². The summed E-state index contributed by atoms with van der Waals surface area (Å²) in [6.45, 7) is 0. The number of carbonyl (C=O) groups excluding carboxylic acids is 1. The van der Waals surface area contributed by atoms with Crippen LogP contribution in [-0.4, -0.2) is 20.7 Å². The Bertz CT molecular complexity index is 1310. The average Bonchev–Trinajstić information content (AvgIpc) is 3.19. The maximum Gasteiger partial charge on any atom is 0.150 e. The van der Waals surface area contributed by atoms with Crippen molar-refractivity contribution in [3.8, 4) is 17.0 Å². The molecule has 2 aliphatic rings. The Kier molecular flexibility index (Phi) is 4.45. The van der Waals surface area contributed by atoms with Crippen molar-refractivity contribution in [2.45, 2.75) is 37.7 Å². The number of benzene rings is 2. The number of aromatic nitrogens is 3.